The van der Waals surface area contributed by atoms with Crippen molar-refractivity contribution in [3.63, 3.8) is 0 Å². The van der Waals surface area contributed by atoms with Crippen molar-refractivity contribution in [2.24, 2.45) is 11.7 Å². The second kappa shape index (κ2) is 3.53. The smallest absolute Gasteiger partial charge is 0.323 e. The molecule has 0 radical (unpaired) electrons. The molecule has 5 heteroatoms. The molecule has 0 aliphatic carbocycles. The Morgan fingerprint density at radius 3 is 2.17 bits per heavy atom. The van der Waals surface area contributed by atoms with Crippen molar-refractivity contribution < 1.29 is 19.8 Å². The molecule has 4 N–H and O–H groups in total. The monoisotopic (exact) mass is 175 g/mol. The van der Waals surface area contributed by atoms with Crippen LogP contribution in [0.1, 0.15) is 20.3 Å². The normalized spacial score (nSPS) is 17.9. The van der Waals surface area contributed by atoms with Crippen LogP contribution in [0.25, 0.3) is 0 Å². The minimum absolute atomic E-state index is 0.237. The second-order valence-electron chi connectivity index (χ2n) is 3.09. The van der Waals surface area contributed by atoms with Crippen LogP contribution in [0.5, 0.6) is 0 Å². The van der Waals surface area contributed by atoms with E-state index in [0.29, 0.717) is 0 Å². The molecule has 0 aromatic rings. The Kier molecular flexibility index (Phi) is 3.21. The van der Waals surface area contributed by atoms with Gasteiger partial charge in [-0.15, -0.1) is 0 Å². The van der Waals surface area contributed by atoms with Gasteiger partial charge < -0.3 is 15.9 Å². The SMILES string of the molecule is C[C@@H](CC(=O)O)[C@](C)(N)C(=O)O. The standard InChI is InChI=1S/C7H13NO4/c1-4(3-5(9)10)7(2,8)6(11)12/h4H,3,8H2,1-2H3,(H,9,10)(H,11,12)/t4-,7-/m0/s1. The van der Waals surface area contributed by atoms with Gasteiger partial charge >= 0.3 is 11.9 Å². The Morgan fingerprint density at radius 2 is 1.92 bits per heavy atom. The summed E-state index contributed by atoms with van der Waals surface area (Å²) < 4.78 is 0. The predicted octanol–water partition coefficient (Wildman–Crippen LogP) is -0.101. The lowest BCUT2D eigenvalue weighted by molar-refractivity contribution is -0.146. The Bertz CT molecular complexity index is 200. The maximum absolute atomic E-state index is 10.5. The predicted molar refractivity (Wildman–Crippen MR) is 41.6 cm³/mol. The first kappa shape index (κ1) is 10.9. The summed E-state index contributed by atoms with van der Waals surface area (Å²) in [5, 5.41) is 17.0. The van der Waals surface area contributed by atoms with Crippen LogP contribution < -0.4 is 5.73 Å². The second-order valence-corrected chi connectivity index (χ2v) is 3.09. The lowest BCUT2D eigenvalue weighted by Crippen LogP contribution is -2.51. The van der Waals surface area contributed by atoms with Crippen LogP contribution in [-0.2, 0) is 9.59 Å². The van der Waals surface area contributed by atoms with Gasteiger partial charge in [0, 0.05) is 0 Å². The van der Waals surface area contributed by atoms with E-state index in [9.17, 15) is 9.59 Å². The van der Waals surface area contributed by atoms with Crippen LogP contribution in [0.3, 0.4) is 0 Å². The van der Waals surface area contributed by atoms with Gasteiger partial charge in [-0.1, -0.05) is 6.92 Å². The fourth-order valence-corrected chi connectivity index (χ4v) is 0.685. The van der Waals surface area contributed by atoms with Crippen molar-refractivity contribution in [1.29, 1.82) is 0 Å². The molecule has 0 aromatic carbocycles. The highest BCUT2D eigenvalue weighted by molar-refractivity contribution is 5.79. The maximum Gasteiger partial charge on any atom is 0.323 e. The first-order valence-corrected chi connectivity index (χ1v) is 3.52. The number of carbonyl (C=O) groups is 2. The fraction of sp³-hybridized carbons (Fsp3) is 0.714. The summed E-state index contributed by atoms with van der Waals surface area (Å²) >= 11 is 0. The molecule has 0 aromatic heterocycles. The molecule has 0 rings (SSSR count). The van der Waals surface area contributed by atoms with E-state index in [2.05, 4.69) is 0 Å². The van der Waals surface area contributed by atoms with Crippen LogP contribution >= 0.6 is 0 Å². The van der Waals surface area contributed by atoms with Gasteiger partial charge in [-0.2, -0.15) is 0 Å². The molecule has 0 saturated heterocycles. The van der Waals surface area contributed by atoms with E-state index < -0.39 is 23.4 Å². The Balaban J connectivity index is 4.35. The van der Waals surface area contributed by atoms with Crippen LogP contribution in [-0.4, -0.2) is 27.7 Å². The molecule has 70 valence electrons. The number of hydrogen-bond donors (Lipinski definition) is 3. The summed E-state index contributed by atoms with van der Waals surface area (Å²) in [7, 11) is 0. The molecule has 2 atom stereocenters. The minimum atomic E-state index is -1.47. The van der Waals surface area contributed by atoms with Gasteiger partial charge in [-0.25, -0.2) is 0 Å². The van der Waals surface area contributed by atoms with Crippen LogP contribution in [0.2, 0.25) is 0 Å². The molecular weight excluding hydrogens is 162 g/mol. The van der Waals surface area contributed by atoms with Crippen molar-refractivity contribution in [1.82, 2.24) is 0 Å². The van der Waals surface area contributed by atoms with E-state index >= 15 is 0 Å². The average molecular weight is 175 g/mol. The highest BCUT2D eigenvalue weighted by Crippen LogP contribution is 2.17. The molecule has 0 unspecified atom stereocenters. The summed E-state index contributed by atoms with van der Waals surface area (Å²) in [5.41, 5.74) is 3.91. The molecule has 5 nitrogen and oxygen atoms in total. The number of nitrogens with two attached hydrogens (primary N) is 1. The highest BCUT2D eigenvalue weighted by atomic mass is 16.4. The largest absolute Gasteiger partial charge is 0.481 e. The van der Waals surface area contributed by atoms with Crippen molar-refractivity contribution in [3.05, 3.63) is 0 Å². The minimum Gasteiger partial charge on any atom is -0.481 e. The third-order valence-corrected chi connectivity index (χ3v) is 1.97. The van der Waals surface area contributed by atoms with Crippen molar-refractivity contribution in [2.45, 2.75) is 25.8 Å². The summed E-state index contributed by atoms with van der Waals surface area (Å²) in [6.07, 6.45) is -0.237. The topological polar surface area (TPSA) is 101 Å². The van der Waals surface area contributed by atoms with Crippen molar-refractivity contribution in [2.75, 3.05) is 0 Å². The zero-order valence-corrected chi connectivity index (χ0v) is 7.07. The Labute approximate surface area is 70.2 Å². The van der Waals surface area contributed by atoms with Gasteiger partial charge in [0.25, 0.3) is 0 Å². The van der Waals surface area contributed by atoms with Crippen LogP contribution in [0, 0.1) is 5.92 Å². The number of rotatable bonds is 4. The van der Waals surface area contributed by atoms with E-state index in [1.165, 1.54) is 13.8 Å². The molecular formula is C7H13NO4. The Morgan fingerprint density at radius 1 is 1.50 bits per heavy atom. The van der Waals surface area contributed by atoms with E-state index in [1.54, 1.807) is 0 Å². The maximum atomic E-state index is 10.5. The lowest BCUT2D eigenvalue weighted by atomic mass is 9.86. The van der Waals surface area contributed by atoms with E-state index in [0.717, 1.165) is 0 Å². The summed E-state index contributed by atoms with van der Waals surface area (Å²) in [6, 6.07) is 0. The molecule has 0 fully saturated rings. The zero-order chi connectivity index (χ0) is 9.94. The first-order valence-electron chi connectivity index (χ1n) is 3.52. The molecule has 0 aliphatic rings. The quantitative estimate of drug-likeness (QED) is 0.553. The molecule has 0 aliphatic heterocycles. The third-order valence-electron chi connectivity index (χ3n) is 1.97. The summed E-state index contributed by atoms with van der Waals surface area (Å²) in [6.45, 7) is 2.81. The van der Waals surface area contributed by atoms with Gasteiger partial charge in [0.1, 0.15) is 5.54 Å². The fourth-order valence-electron chi connectivity index (χ4n) is 0.685. The molecule has 0 saturated carbocycles. The van der Waals surface area contributed by atoms with E-state index in [-0.39, 0.29) is 6.42 Å². The van der Waals surface area contributed by atoms with Gasteiger partial charge in [-0.05, 0) is 12.8 Å². The molecule has 12 heavy (non-hydrogen) atoms. The molecule has 0 spiro atoms. The summed E-state index contributed by atoms with van der Waals surface area (Å²) in [5.74, 6) is -2.82. The number of aliphatic carboxylic acids is 2. The summed E-state index contributed by atoms with van der Waals surface area (Å²) in [4.78, 5) is 20.8. The lowest BCUT2D eigenvalue weighted by Gasteiger charge is -2.25. The average Bonchev–Trinajstić information content (AvgIpc) is 1.85. The van der Waals surface area contributed by atoms with Crippen molar-refractivity contribution in [3.8, 4) is 0 Å². The van der Waals surface area contributed by atoms with E-state index in [1.807, 2.05) is 0 Å². The first-order chi connectivity index (χ1) is 5.28. The molecule has 0 bridgehead atoms. The van der Waals surface area contributed by atoms with E-state index in [4.69, 9.17) is 15.9 Å². The van der Waals surface area contributed by atoms with Crippen LogP contribution in [0.15, 0.2) is 0 Å². The number of carboxylic acid groups (broad SMARTS) is 2. The number of hydrogen-bond acceptors (Lipinski definition) is 3. The third kappa shape index (κ3) is 2.50. The van der Waals surface area contributed by atoms with Gasteiger partial charge in [0.15, 0.2) is 0 Å². The van der Waals surface area contributed by atoms with Gasteiger partial charge in [0.2, 0.25) is 0 Å². The van der Waals surface area contributed by atoms with Crippen molar-refractivity contribution >= 4 is 11.9 Å². The number of carboxylic acids is 2. The Hall–Kier alpha value is -1.10. The molecule has 0 amide bonds. The molecule has 0 heterocycles. The van der Waals surface area contributed by atoms with Crippen LogP contribution in [0.4, 0.5) is 0 Å². The zero-order valence-electron chi connectivity index (χ0n) is 7.07. The van der Waals surface area contributed by atoms with Gasteiger partial charge in [0.05, 0.1) is 6.42 Å². The highest BCUT2D eigenvalue weighted by Gasteiger charge is 2.35. The van der Waals surface area contributed by atoms with Gasteiger partial charge in [-0.3, -0.25) is 9.59 Å².